The minimum absolute atomic E-state index is 0.00667. The highest BCUT2D eigenvalue weighted by molar-refractivity contribution is 5.98. The molecule has 1 aliphatic carbocycles. The van der Waals surface area contributed by atoms with Gasteiger partial charge in [-0.05, 0) is 69.4 Å². The molecule has 0 bridgehead atoms. The molecule has 3 aromatic rings. The van der Waals surface area contributed by atoms with E-state index in [-0.39, 0.29) is 11.3 Å². The fourth-order valence-corrected chi connectivity index (χ4v) is 4.82. The van der Waals surface area contributed by atoms with Crippen LogP contribution in [0.15, 0.2) is 34.9 Å². The summed E-state index contributed by atoms with van der Waals surface area (Å²) in [4.78, 5) is 24.4. The average Bonchev–Trinajstić information content (AvgIpc) is 3.20. The summed E-state index contributed by atoms with van der Waals surface area (Å²) in [5.74, 6) is 1.79. The van der Waals surface area contributed by atoms with Crippen molar-refractivity contribution in [2.45, 2.75) is 44.9 Å². The van der Waals surface area contributed by atoms with Crippen LogP contribution < -0.4 is 0 Å². The fourth-order valence-electron chi connectivity index (χ4n) is 4.82. The van der Waals surface area contributed by atoms with Crippen LogP contribution in [0.4, 0.5) is 0 Å². The quantitative estimate of drug-likeness (QED) is 0.658. The van der Waals surface area contributed by atoms with Gasteiger partial charge in [0.05, 0.1) is 5.69 Å². The van der Waals surface area contributed by atoms with E-state index in [1.165, 1.54) is 11.3 Å². The zero-order valence-corrected chi connectivity index (χ0v) is 15.8. The number of rotatable bonds is 1. The standard InChI is InChI=1S/C22H23N3O2/c1-14-10-18-11-16(4-5-19(18)27-14)21(26)25-9-3-7-22(13-25)8-6-17-12-23-15(2)24-20(17)22/h4-5,10-12H,3,6-9,13H2,1-2H3. The van der Waals surface area contributed by atoms with Crippen molar-refractivity contribution >= 4 is 16.9 Å². The van der Waals surface area contributed by atoms with Gasteiger partial charge in [0.2, 0.25) is 0 Å². The minimum Gasteiger partial charge on any atom is -0.461 e. The number of likely N-dealkylation sites (tertiary alicyclic amines) is 1. The van der Waals surface area contributed by atoms with Crippen LogP contribution in [-0.2, 0) is 11.8 Å². The number of fused-ring (bicyclic) bond motifs is 3. The minimum atomic E-state index is -0.00667. The Morgan fingerprint density at radius 1 is 1.22 bits per heavy atom. The maximum atomic E-state index is 13.2. The Morgan fingerprint density at radius 3 is 3.00 bits per heavy atom. The molecule has 5 rings (SSSR count). The van der Waals surface area contributed by atoms with Crippen LogP contribution in [0, 0.1) is 13.8 Å². The van der Waals surface area contributed by atoms with Crippen LogP contribution >= 0.6 is 0 Å². The maximum absolute atomic E-state index is 13.2. The van der Waals surface area contributed by atoms with Crippen molar-refractivity contribution in [3.63, 3.8) is 0 Å². The maximum Gasteiger partial charge on any atom is 0.253 e. The van der Waals surface area contributed by atoms with E-state index in [1.807, 2.05) is 49.2 Å². The van der Waals surface area contributed by atoms with E-state index >= 15 is 0 Å². The number of aryl methyl sites for hydroxylation is 3. The third-order valence-electron chi connectivity index (χ3n) is 6.11. The fraction of sp³-hybridized carbons (Fsp3) is 0.409. The molecule has 1 aliphatic heterocycles. The summed E-state index contributed by atoms with van der Waals surface area (Å²) in [5, 5.41) is 0.986. The molecule has 27 heavy (non-hydrogen) atoms. The zero-order chi connectivity index (χ0) is 18.6. The molecule has 5 nitrogen and oxygen atoms in total. The van der Waals surface area contributed by atoms with Crippen molar-refractivity contribution in [2.24, 2.45) is 0 Å². The number of carbonyl (C=O) groups is 1. The largest absolute Gasteiger partial charge is 0.461 e. The summed E-state index contributed by atoms with van der Waals surface area (Å²) >= 11 is 0. The second kappa shape index (κ2) is 5.91. The molecule has 1 saturated heterocycles. The first kappa shape index (κ1) is 16.5. The zero-order valence-electron chi connectivity index (χ0n) is 15.8. The van der Waals surface area contributed by atoms with E-state index in [4.69, 9.17) is 9.40 Å². The van der Waals surface area contributed by atoms with Gasteiger partial charge in [0.25, 0.3) is 5.91 Å². The van der Waals surface area contributed by atoms with Gasteiger partial charge in [-0.25, -0.2) is 9.97 Å². The van der Waals surface area contributed by atoms with E-state index in [2.05, 4.69) is 4.98 Å². The lowest BCUT2D eigenvalue weighted by atomic mass is 9.77. The second-order valence-electron chi connectivity index (χ2n) is 8.01. The Kier molecular flexibility index (Phi) is 3.61. The number of hydrogen-bond donors (Lipinski definition) is 0. The van der Waals surface area contributed by atoms with E-state index in [1.54, 1.807) is 0 Å². The van der Waals surface area contributed by atoms with Gasteiger partial charge in [0.1, 0.15) is 17.2 Å². The van der Waals surface area contributed by atoms with Gasteiger partial charge < -0.3 is 9.32 Å². The molecule has 0 radical (unpaired) electrons. The summed E-state index contributed by atoms with van der Waals surface area (Å²) < 4.78 is 5.64. The van der Waals surface area contributed by atoms with Crippen LogP contribution in [0.2, 0.25) is 0 Å². The third-order valence-corrected chi connectivity index (χ3v) is 6.11. The highest BCUT2D eigenvalue weighted by Gasteiger charge is 2.44. The smallest absolute Gasteiger partial charge is 0.253 e. The molecule has 3 heterocycles. The number of hydrogen-bond acceptors (Lipinski definition) is 4. The Morgan fingerprint density at radius 2 is 2.11 bits per heavy atom. The van der Waals surface area contributed by atoms with Gasteiger partial charge >= 0.3 is 0 Å². The molecule has 0 N–H and O–H groups in total. The van der Waals surface area contributed by atoms with Gasteiger partial charge in [-0.1, -0.05) is 0 Å². The van der Waals surface area contributed by atoms with Crippen molar-refractivity contribution < 1.29 is 9.21 Å². The van der Waals surface area contributed by atoms with Gasteiger partial charge in [-0.3, -0.25) is 4.79 Å². The SMILES string of the molecule is Cc1ncc2c(n1)C1(CCCN(C(=O)c3ccc4oc(C)cc4c3)C1)CC2. The molecule has 0 saturated carbocycles. The molecule has 138 valence electrons. The van der Waals surface area contributed by atoms with Crippen molar-refractivity contribution in [3.8, 4) is 0 Å². The number of carbonyl (C=O) groups excluding carboxylic acids is 1. The first-order valence-corrected chi connectivity index (χ1v) is 9.67. The summed E-state index contributed by atoms with van der Waals surface area (Å²) in [6.45, 7) is 5.43. The number of piperidine rings is 1. The normalized spacial score (nSPS) is 21.8. The van der Waals surface area contributed by atoms with Crippen molar-refractivity contribution in [2.75, 3.05) is 13.1 Å². The van der Waals surface area contributed by atoms with Crippen LogP contribution in [0.1, 0.15) is 52.5 Å². The Hall–Kier alpha value is -2.69. The number of aromatic nitrogens is 2. The molecule has 2 aromatic heterocycles. The first-order valence-electron chi connectivity index (χ1n) is 9.67. The molecule has 1 atom stereocenters. The van der Waals surface area contributed by atoms with Crippen molar-refractivity contribution in [1.29, 1.82) is 0 Å². The molecule has 1 amide bonds. The van der Waals surface area contributed by atoms with Gasteiger partial charge in [-0.15, -0.1) is 0 Å². The van der Waals surface area contributed by atoms with Gasteiger partial charge in [-0.2, -0.15) is 0 Å². The van der Waals surface area contributed by atoms with Crippen LogP contribution in [-0.4, -0.2) is 33.9 Å². The molecule has 1 aromatic carbocycles. The molecule has 5 heteroatoms. The molecule has 2 aliphatic rings. The van der Waals surface area contributed by atoms with Crippen LogP contribution in [0.25, 0.3) is 11.0 Å². The van der Waals surface area contributed by atoms with E-state index in [0.29, 0.717) is 0 Å². The number of benzene rings is 1. The van der Waals surface area contributed by atoms with Gasteiger partial charge in [0.15, 0.2) is 0 Å². The van der Waals surface area contributed by atoms with E-state index < -0.39 is 0 Å². The van der Waals surface area contributed by atoms with Crippen LogP contribution in [0.5, 0.6) is 0 Å². The third kappa shape index (κ3) is 2.64. The molecule has 1 spiro atoms. The predicted molar refractivity (Wildman–Crippen MR) is 103 cm³/mol. The number of nitrogens with zero attached hydrogens (tertiary/aromatic N) is 3. The predicted octanol–water partition coefficient (Wildman–Crippen LogP) is 3.96. The second-order valence-corrected chi connectivity index (χ2v) is 8.01. The highest BCUT2D eigenvalue weighted by Crippen LogP contribution is 2.44. The molecular formula is C22H23N3O2. The number of furan rings is 1. The van der Waals surface area contributed by atoms with Crippen LogP contribution in [0.3, 0.4) is 0 Å². The van der Waals surface area contributed by atoms with E-state index in [9.17, 15) is 4.79 Å². The Labute approximate surface area is 158 Å². The number of amides is 1. The molecule has 1 unspecified atom stereocenters. The first-order chi connectivity index (χ1) is 13.0. The Balaban J connectivity index is 1.46. The monoisotopic (exact) mass is 361 g/mol. The topological polar surface area (TPSA) is 59.2 Å². The summed E-state index contributed by atoms with van der Waals surface area (Å²) in [6, 6.07) is 7.71. The van der Waals surface area contributed by atoms with Crippen molar-refractivity contribution in [1.82, 2.24) is 14.9 Å². The lowest BCUT2D eigenvalue weighted by molar-refractivity contribution is 0.0633. The highest BCUT2D eigenvalue weighted by atomic mass is 16.3. The molecular weight excluding hydrogens is 338 g/mol. The Bertz CT molecular complexity index is 1050. The van der Waals surface area contributed by atoms with Gasteiger partial charge in [0, 0.05) is 35.7 Å². The van der Waals surface area contributed by atoms with Crippen molar-refractivity contribution in [3.05, 3.63) is 58.9 Å². The summed E-state index contributed by atoms with van der Waals surface area (Å²) in [7, 11) is 0. The lowest BCUT2D eigenvalue weighted by Gasteiger charge is -2.40. The summed E-state index contributed by atoms with van der Waals surface area (Å²) in [5.41, 5.74) is 3.99. The average molecular weight is 361 g/mol. The van der Waals surface area contributed by atoms with E-state index in [0.717, 1.165) is 66.9 Å². The summed E-state index contributed by atoms with van der Waals surface area (Å²) in [6.07, 6.45) is 6.16. The molecule has 1 fully saturated rings. The lowest BCUT2D eigenvalue weighted by Crippen LogP contribution is -2.48.